The number of likely N-dealkylation sites (tertiary alicyclic amines) is 1. The lowest BCUT2D eigenvalue weighted by Gasteiger charge is -2.35. The summed E-state index contributed by atoms with van der Waals surface area (Å²) in [6.07, 6.45) is 9.97. The first-order valence-electron chi connectivity index (χ1n) is 7.61. The third kappa shape index (κ3) is 4.36. The molecule has 0 amide bonds. The lowest BCUT2D eigenvalue weighted by Crippen LogP contribution is -2.41. The van der Waals surface area contributed by atoms with Gasteiger partial charge in [0, 0.05) is 19.1 Å². The number of hydrogen-bond donors (Lipinski definition) is 0. The van der Waals surface area contributed by atoms with Crippen LogP contribution in [0.1, 0.15) is 58.3 Å². The molecular weight excluding hydrogens is 226 g/mol. The lowest BCUT2D eigenvalue weighted by atomic mass is 9.97. The van der Waals surface area contributed by atoms with E-state index in [1.807, 2.05) is 0 Å². The zero-order chi connectivity index (χ0) is 12.8. The number of piperidine rings is 1. The number of ketones is 1. The van der Waals surface area contributed by atoms with Gasteiger partial charge in [-0.3, -0.25) is 9.69 Å². The van der Waals surface area contributed by atoms with E-state index in [-0.39, 0.29) is 0 Å². The average molecular weight is 253 g/mol. The van der Waals surface area contributed by atoms with E-state index in [2.05, 4.69) is 4.90 Å². The quantitative estimate of drug-likeness (QED) is 0.729. The van der Waals surface area contributed by atoms with Gasteiger partial charge in [-0.2, -0.15) is 0 Å². The Morgan fingerprint density at radius 1 is 1.28 bits per heavy atom. The first kappa shape index (κ1) is 14.0. The van der Waals surface area contributed by atoms with Crippen LogP contribution in [0.3, 0.4) is 0 Å². The third-order valence-electron chi connectivity index (χ3n) is 4.27. The van der Waals surface area contributed by atoms with Gasteiger partial charge in [0.05, 0.1) is 6.10 Å². The largest absolute Gasteiger partial charge is 0.378 e. The monoisotopic (exact) mass is 253 g/mol. The average Bonchev–Trinajstić information content (AvgIpc) is 2.84. The SMILES string of the molecule is CC(=O)CC1CCCCN1CCCC1CCCO1. The van der Waals surface area contributed by atoms with E-state index in [4.69, 9.17) is 4.74 Å². The highest BCUT2D eigenvalue weighted by molar-refractivity contribution is 5.76. The molecule has 0 aromatic heterocycles. The van der Waals surface area contributed by atoms with Gasteiger partial charge in [0.15, 0.2) is 0 Å². The molecule has 0 bridgehead atoms. The van der Waals surface area contributed by atoms with E-state index >= 15 is 0 Å². The summed E-state index contributed by atoms with van der Waals surface area (Å²) < 4.78 is 5.66. The molecule has 2 aliphatic rings. The van der Waals surface area contributed by atoms with E-state index in [1.165, 1.54) is 51.5 Å². The van der Waals surface area contributed by atoms with Crippen molar-refractivity contribution in [1.82, 2.24) is 4.90 Å². The fourth-order valence-corrected chi connectivity index (χ4v) is 3.31. The molecule has 0 radical (unpaired) electrons. The zero-order valence-corrected chi connectivity index (χ0v) is 11.7. The molecule has 0 aliphatic carbocycles. The number of Topliss-reactive ketones (excluding diaryl/α,β-unsaturated/α-hetero) is 1. The van der Waals surface area contributed by atoms with Crippen molar-refractivity contribution in [1.29, 1.82) is 0 Å². The molecule has 2 unspecified atom stereocenters. The summed E-state index contributed by atoms with van der Waals surface area (Å²) in [6.45, 7) is 5.02. The smallest absolute Gasteiger partial charge is 0.131 e. The second-order valence-electron chi connectivity index (χ2n) is 5.87. The van der Waals surface area contributed by atoms with Crippen LogP contribution in [0.4, 0.5) is 0 Å². The summed E-state index contributed by atoms with van der Waals surface area (Å²) >= 11 is 0. The van der Waals surface area contributed by atoms with Gasteiger partial charge in [-0.05, 0) is 58.5 Å². The number of carbonyl (C=O) groups excluding carboxylic acids is 1. The van der Waals surface area contributed by atoms with Gasteiger partial charge in [0.1, 0.15) is 5.78 Å². The predicted octanol–water partition coefficient (Wildman–Crippen LogP) is 2.78. The maximum absolute atomic E-state index is 11.3. The molecule has 0 aromatic rings. The molecule has 18 heavy (non-hydrogen) atoms. The summed E-state index contributed by atoms with van der Waals surface area (Å²) in [7, 11) is 0. The molecule has 0 aromatic carbocycles. The Labute approximate surface area is 111 Å². The molecule has 2 aliphatic heterocycles. The van der Waals surface area contributed by atoms with Crippen LogP contribution in [0.2, 0.25) is 0 Å². The van der Waals surface area contributed by atoms with Crippen molar-refractivity contribution < 1.29 is 9.53 Å². The van der Waals surface area contributed by atoms with Crippen LogP contribution in [-0.2, 0) is 9.53 Å². The van der Waals surface area contributed by atoms with Crippen LogP contribution < -0.4 is 0 Å². The summed E-state index contributed by atoms with van der Waals surface area (Å²) in [5, 5.41) is 0. The van der Waals surface area contributed by atoms with Crippen molar-refractivity contribution in [3.63, 3.8) is 0 Å². The summed E-state index contributed by atoms with van der Waals surface area (Å²) in [5.74, 6) is 0.339. The zero-order valence-electron chi connectivity index (χ0n) is 11.7. The van der Waals surface area contributed by atoms with E-state index in [0.29, 0.717) is 17.9 Å². The number of rotatable bonds is 6. The maximum atomic E-state index is 11.3. The van der Waals surface area contributed by atoms with Crippen LogP contribution in [0.5, 0.6) is 0 Å². The summed E-state index contributed by atoms with van der Waals surface area (Å²) in [4.78, 5) is 13.8. The molecule has 2 heterocycles. The normalized spacial score (nSPS) is 29.6. The number of carbonyl (C=O) groups is 1. The molecule has 0 spiro atoms. The highest BCUT2D eigenvalue weighted by atomic mass is 16.5. The maximum Gasteiger partial charge on any atom is 0.131 e. The van der Waals surface area contributed by atoms with Crippen molar-refractivity contribution >= 4 is 5.78 Å². The fourth-order valence-electron chi connectivity index (χ4n) is 3.31. The Balaban J connectivity index is 1.69. The molecule has 2 rings (SSSR count). The minimum absolute atomic E-state index is 0.339. The van der Waals surface area contributed by atoms with Crippen molar-refractivity contribution in [3.05, 3.63) is 0 Å². The Bertz CT molecular complexity index is 261. The van der Waals surface area contributed by atoms with Crippen LogP contribution in [-0.4, -0.2) is 42.5 Å². The molecule has 3 nitrogen and oxygen atoms in total. The van der Waals surface area contributed by atoms with Gasteiger partial charge in [0.25, 0.3) is 0 Å². The van der Waals surface area contributed by atoms with Crippen molar-refractivity contribution in [2.24, 2.45) is 0 Å². The minimum Gasteiger partial charge on any atom is -0.378 e. The van der Waals surface area contributed by atoms with Gasteiger partial charge in [-0.15, -0.1) is 0 Å². The molecular formula is C15H27NO2. The molecule has 0 N–H and O–H groups in total. The molecule has 104 valence electrons. The van der Waals surface area contributed by atoms with Crippen LogP contribution in [0.25, 0.3) is 0 Å². The Kier molecular flexibility index (Phi) is 5.64. The van der Waals surface area contributed by atoms with Crippen LogP contribution >= 0.6 is 0 Å². The van der Waals surface area contributed by atoms with Crippen molar-refractivity contribution in [3.8, 4) is 0 Å². The van der Waals surface area contributed by atoms with Gasteiger partial charge < -0.3 is 4.74 Å². The first-order valence-corrected chi connectivity index (χ1v) is 7.61. The third-order valence-corrected chi connectivity index (χ3v) is 4.27. The first-order chi connectivity index (χ1) is 8.75. The van der Waals surface area contributed by atoms with E-state index < -0.39 is 0 Å². The van der Waals surface area contributed by atoms with Crippen molar-refractivity contribution in [2.75, 3.05) is 19.7 Å². The summed E-state index contributed by atoms with van der Waals surface area (Å²) in [6, 6.07) is 0.515. The minimum atomic E-state index is 0.339. The standard InChI is InChI=1S/C15H27NO2/c1-13(17)12-14-6-2-3-9-16(14)10-4-7-15-8-5-11-18-15/h14-15H,2-12H2,1H3. The van der Waals surface area contributed by atoms with Gasteiger partial charge in [0.2, 0.25) is 0 Å². The Morgan fingerprint density at radius 3 is 2.89 bits per heavy atom. The van der Waals surface area contributed by atoms with Gasteiger partial charge in [-0.1, -0.05) is 6.42 Å². The van der Waals surface area contributed by atoms with E-state index in [9.17, 15) is 4.79 Å². The van der Waals surface area contributed by atoms with E-state index in [1.54, 1.807) is 6.92 Å². The highest BCUT2D eigenvalue weighted by Crippen LogP contribution is 2.22. The molecule has 2 saturated heterocycles. The number of ether oxygens (including phenoxy) is 1. The molecule has 2 atom stereocenters. The topological polar surface area (TPSA) is 29.5 Å². The Morgan fingerprint density at radius 2 is 2.17 bits per heavy atom. The fraction of sp³-hybridized carbons (Fsp3) is 0.933. The molecule has 3 heteroatoms. The highest BCUT2D eigenvalue weighted by Gasteiger charge is 2.23. The second-order valence-corrected chi connectivity index (χ2v) is 5.87. The van der Waals surface area contributed by atoms with Crippen LogP contribution in [0, 0.1) is 0 Å². The number of nitrogens with zero attached hydrogens (tertiary/aromatic N) is 1. The second kappa shape index (κ2) is 7.25. The number of hydrogen-bond acceptors (Lipinski definition) is 3. The van der Waals surface area contributed by atoms with E-state index in [0.717, 1.165) is 19.6 Å². The Hall–Kier alpha value is -0.410. The van der Waals surface area contributed by atoms with Gasteiger partial charge in [-0.25, -0.2) is 0 Å². The van der Waals surface area contributed by atoms with Crippen LogP contribution in [0.15, 0.2) is 0 Å². The lowest BCUT2D eigenvalue weighted by molar-refractivity contribution is -0.118. The predicted molar refractivity (Wildman–Crippen MR) is 72.7 cm³/mol. The molecule has 2 fully saturated rings. The summed E-state index contributed by atoms with van der Waals surface area (Å²) in [5.41, 5.74) is 0. The van der Waals surface area contributed by atoms with Gasteiger partial charge >= 0.3 is 0 Å². The van der Waals surface area contributed by atoms with Crippen molar-refractivity contribution in [2.45, 2.75) is 70.4 Å². The molecule has 0 saturated carbocycles.